The molecule has 0 radical (unpaired) electrons. The summed E-state index contributed by atoms with van der Waals surface area (Å²) in [7, 11) is 5.12. The van der Waals surface area contributed by atoms with Gasteiger partial charge in [-0.05, 0) is 41.8 Å². The lowest BCUT2D eigenvalue weighted by Gasteiger charge is -2.18. The molecule has 1 N–H and O–H groups in total. The van der Waals surface area contributed by atoms with E-state index in [4.69, 9.17) is 14.2 Å². The van der Waals surface area contributed by atoms with Gasteiger partial charge in [0.25, 0.3) is 0 Å². The van der Waals surface area contributed by atoms with Crippen molar-refractivity contribution in [2.45, 2.75) is 12.8 Å². The van der Waals surface area contributed by atoms with Crippen LogP contribution < -0.4 is 14.2 Å². The fraction of sp³-hybridized carbons (Fsp3) is 0.200. The van der Waals surface area contributed by atoms with Gasteiger partial charge in [0, 0.05) is 39.7 Å². The van der Waals surface area contributed by atoms with Crippen LogP contribution in [-0.2, 0) is 0 Å². The smallest absolute Gasteiger partial charge is 0.127 e. The third-order valence-electron chi connectivity index (χ3n) is 5.95. The molecule has 3 aromatic carbocycles. The van der Waals surface area contributed by atoms with E-state index in [0.717, 1.165) is 45.1 Å². The Balaban J connectivity index is 1.91. The average molecular weight is 385 g/mol. The number of fused-ring (bicyclic) bond motifs is 4. The Kier molecular flexibility index (Phi) is 4.02. The van der Waals surface area contributed by atoms with E-state index in [2.05, 4.69) is 54.4 Å². The van der Waals surface area contributed by atoms with Crippen molar-refractivity contribution in [2.75, 3.05) is 21.3 Å². The molecular weight excluding hydrogens is 362 g/mol. The highest BCUT2D eigenvalue weighted by Crippen LogP contribution is 2.57. The Morgan fingerprint density at radius 3 is 2.34 bits per heavy atom. The molecule has 0 bridgehead atoms. The lowest BCUT2D eigenvalue weighted by Crippen LogP contribution is -2.03. The number of ether oxygens (including phenoxy) is 3. The topological polar surface area (TPSA) is 43.5 Å². The van der Waals surface area contributed by atoms with Gasteiger partial charge in [0.1, 0.15) is 17.2 Å². The Hall–Kier alpha value is -3.40. The number of aromatic nitrogens is 1. The second-order valence-electron chi connectivity index (χ2n) is 7.36. The number of aromatic amines is 1. The van der Waals surface area contributed by atoms with Crippen LogP contribution in [0.2, 0.25) is 0 Å². The normalized spacial score (nSPS) is 14.6. The maximum atomic E-state index is 5.85. The minimum atomic E-state index is 0.0482. The van der Waals surface area contributed by atoms with E-state index in [1.54, 1.807) is 21.3 Å². The highest BCUT2D eigenvalue weighted by atomic mass is 16.5. The number of para-hydroxylation sites is 1. The van der Waals surface area contributed by atoms with Crippen LogP contribution in [-0.4, -0.2) is 26.3 Å². The summed E-state index contributed by atoms with van der Waals surface area (Å²) in [5.74, 6) is 2.51. The van der Waals surface area contributed by atoms with E-state index in [-0.39, 0.29) is 5.92 Å². The zero-order valence-electron chi connectivity index (χ0n) is 17.0. The lowest BCUT2D eigenvalue weighted by molar-refractivity contribution is 0.391. The first-order chi connectivity index (χ1) is 14.2. The number of hydrogen-bond donors (Lipinski definition) is 1. The summed E-state index contributed by atoms with van der Waals surface area (Å²) in [5, 5.41) is 1.23. The summed E-state index contributed by atoms with van der Waals surface area (Å²) in [4.78, 5) is 3.56. The molecule has 0 aliphatic heterocycles. The van der Waals surface area contributed by atoms with Crippen molar-refractivity contribution < 1.29 is 14.2 Å². The maximum Gasteiger partial charge on any atom is 0.127 e. The van der Waals surface area contributed by atoms with Crippen LogP contribution in [0.3, 0.4) is 0 Å². The summed E-state index contributed by atoms with van der Waals surface area (Å²) in [6.45, 7) is 2.14. The van der Waals surface area contributed by atoms with E-state index in [1.807, 2.05) is 12.1 Å². The predicted octanol–water partition coefficient (Wildman–Crippen LogP) is 5.66. The summed E-state index contributed by atoms with van der Waals surface area (Å²) < 4.78 is 17.2. The van der Waals surface area contributed by atoms with Crippen LogP contribution in [0.4, 0.5) is 0 Å². The van der Waals surface area contributed by atoms with Crippen LogP contribution in [0.5, 0.6) is 17.2 Å². The zero-order valence-corrected chi connectivity index (χ0v) is 17.0. The molecular formula is C25H23NO3. The van der Waals surface area contributed by atoms with Crippen molar-refractivity contribution in [1.29, 1.82) is 0 Å². The second kappa shape index (κ2) is 6.59. The number of benzene rings is 3. The van der Waals surface area contributed by atoms with Crippen molar-refractivity contribution >= 4 is 10.9 Å². The summed E-state index contributed by atoms with van der Waals surface area (Å²) in [5.41, 5.74) is 8.16. The van der Waals surface area contributed by atoms with E-state index < -0.39 is 0 Å². The molecule has 4 aromatic rings. The monoisotopic (exact) mass is 385 g/mol. The van der Waals surface area contributed by atoms with Crippen molar-refractivity contribution in [2.24, 2.45) is 0 Å². The fourth-order valence-electron chi connectivity index (χ4n) is 4.77. The Labute approximate surface area is 170 Å². The van der Waals surface area contributed by atoms with Gasteiger partial charge in [-0.1, -0.05) is 30.3 Å². The molecule has 0 saturated carbocycles. The largest absolute Gasteiger partial charge is 0.497 e. The third-order valence-corrected chi connectivity index (χ3v) is 5.95. The number of aryl methyl sites for hydroxylation is 1. The van der Waals surface area contributed by atoms with Gasteiger partial charge in [0.05, 0.1) is 21.3 Å². The van der Waals surface area contributed by atoms with Gasteiger partial charge in [-0.15, -0.1) is 0 Å². The molecule has 4 nitrogen and oxygen atoms in total. The van der Waals surface area contributed by atoms with Gasteiger partial charge in [-0.2, -0.15) is 0 Å². The molecule has 5 rings (SSSR count). The van der Waals surface area contributed by atoms with Crippen molar-refractivity contribution in [1.82, 2.24) is 4.98 Å². The van der Waals surface area contributed by atoms with Crippen LogP contribution in [0.25, 0.3) is 22.0 Å². The standard InChI is InChI=1S/C25H23NO3/c1-14-22(16-8-5-6-10-19(16)26-14)25-17-9-7-11-20(28-3)23(17)18-12-15(27-2)13-21(29-4)24(18)25/h5-13,25-26H,1-4H3. The van der Waals surface area contributed by atoms with E-state index in [0.29, 0.717) is 0 Å². The SMILES string of the molecule is COc1cc(OC)c2c(c1)-c1c(OC)cccc1C2c1c(C)[nH]c2ccccc12. The first-order valence-corrected chi connectivity index (χ1v) is 9.68. The molecule has 1 atom stereocenters. The molecule has 1 heterocycles. The Bertz CT molecular complexity index is 1240. The van der Waals surface area contributed by atoms with Gasteiger partial charge in [-0.25, -0.2) is 0 Å². The van der Waals surface area contributed by atoms with Gasteiger partial charge in [0.2, 0.25) is 0 Å². The first-order valence-electron chi connectivity index (χ1n) is 9.68. The number of rotatable bonds is 4. The quantitative estimate of drug-likeness (QED) is 0.434. The highest BCUT2D eigenvalue weighted by Gasteiger charge is 2.37. The van der Waals surface area contributed by atoms with E-state index >= 15 is 0 Å². The third kappa shape index (κ3) is 2.45. The summed E-state index contributed by atoms with van der Waals surface area (Å²) in [6, 6.07) is 18.8. The Morgan fingerprint density at radius 1 is 0.793 bits per heavy atom. The van der Waals surface area contributed by atoms with Gasteiger partial charge in [0.15, 0.2) is 0 Å². The van der Waals surface area contributed by atoms with Crippen LogP contribution in [0, 0.1) is 6.92 Å². The number of nitrogens with one attached hydrogen (secondary N) is 1. The van der Waals surface area contributed by atoms with E-state index in [9.17, 15) is 0 Å². The minimum Gasteiger partial charge on any atom is -0.497 e. The predicted molar refractivity (Wildman–Crippen MR) is 116 cm³/mol. The van der Waals surface area contributed by atoms with Crippen molar-refractivity contribution in [3.63, 3.8) is 0 Å². The summed E-state index contributed by atoms with van der Waals surface area (Å²) >= 11 is 0. The minimum absolute atomic E-state index is 0.0482. The fourth-order valence-corrected chi connectivity index (χ4v) is 4.77. The molecule has 1 aliphatic carbocycles. The molecule has 0 amide bonds. The Morgan fingerprint density at radius 2 is 1.59 bits per heavy atom. The van der Waals surface area contributed by atoms with Crippen LogP contribution in [0.1, 0.15) is 28.3 Å². The van der Waals surface area contributed by atoms with E-state index in [1.165, 1.54) is 16.5 Å². The van der Waals surface area contributed by atoms with Crippen molar-refractivity contribution in [3.8, 4) is 28.4 Å². The van der Waals surface area contributed by atoms with Crippen LogP contribution in [0.15, 0.2) is 54.6 Å². The number of H-pyrrole nitrogens is 1. The molecule has 0 fully saturated rings. The highest BCUT2D eigenvalue weighted by molar-refractivity contribution is 5.93. The second-order valence-corrected chi connectivity index (χ2v) is 7.36. The molecule has 4 heteroatoms. The van der Waals surface area contributed by atoms with Crippen molar-refractivity contribution in [3.05, 3.63) is 77.0 Å². The van der Waals surface area contributed by atoms with Gasteiger partial charge >= 0.3 is 0 Å². The van der Waals surface area contributed by atoms with Gasteiger partial charge in [-0.3, -0.25) is 0 Å². The average Bonchev–Trinajstić information content (AvgIpc) is 3.26. The lowest BCUT2D eigenvalue weighted by atomic mass is 9.87. The molecule has 1 aliphatic rings. The molecule has 146 valence electrons. The first kappa shape index (κ1) is 17.7. The zero-order chi connectivity index (χ0) is 20.1. The molecule has 1 unspecified atom stereocenters. The summed E-state index contributed by atoms with van der Waals surface area (Å²) in [6.07, 6.45) is 0. The number of methoxy groups -OCH3 is 3. The van der Waals surface area contributed by atoms with Gasteiger partial charge < -0.3 is 19.2 Å². The maximum absolute atomic E-state index is 5.85. The molecule has 29 heavy (non-hydrogen) atoms. The van der Waals surface area contributed by atoms with Crippen LogP contribution >= 0.6 is 0 Å². The number of hydrogen-bond acceptors (Lipinski definition) is 3. The molecule has 0 spiro atoms. The molecule has 1 aromatic heterocycles. The molecule has 0 saturated heterocycles.